The van der Waals surface area contributed by atoms with Gasteiger partial charge in [0.2, 0.25) is 0 Å². The lowest BCUT2D eigenvalue weighted by molar-refractivity contribution is -0.163. The predicted octanol–water partition coefficient (Wildman–Crippen LogP) is 2.85. The van der Waals surface area contributed by atoms with Crippen LogP contribution < -0.4 is 0 Å². The number of benzene rings is 2. The molecule has 5 rings (SSSR count). The molecule has 0 bridgehead atoms. The van der Waals surface area contributed by atoms with Crippen LogP contribution in [0.3, 0.4) is 0 Å². The van der Waals surface area contributed by atoms with E-state index >= 15 is 0 Å². The Morgan fingerprint density at radius 1 is 1.03 bits per heavy atom. The first-order valence-corrected chi connectivity index (χ1v) is 11.5. The number of fused-ring (bicyclic) bond motifs is 2. The minimum absolute atomic E-state index is 0.297. The Morgan fingerprint density at radius 2 is 1.70 bits per heavy atom. The highest BCUT2D eigenvalue weighted by molar-refractivity contribution is 8.03. The molecule has 2 aromatic rings. The molecule has 3 unspecified atom stereocenters. The lowest BCUT2D eigenvalue weighted by Gasteiger charge is -2.53. The highest BCUT2D eigenvalue weighted by atomic mass is 32.2. The quantitative estimate of drug-likeness (QED) is 0.395. The number of amides is 3. The van der Waals surface area contributed by atoms with E-state index in [-0.39, 0.29) is 0 Å². The maximum atomic E-state index is 13.3. The summed E-state index contributed by atoms with van der Waals surface area (Å²) in [4.78, 5) is 54.4. The molecule has 3 aliphatic heterocycles. The van der Waals surface area contributed by atoms with Gasteiger partial charge in [-0.15, -0.1) is 11.8 Å². The summed E-state index contributed by atoms with van der Waals surface area (Å²) >= 11 is 1.35. The summed E-state index contributed by atoms with van der Waals surface area (Å²) in [5.74, 6) is -1.92. The third-order valence-corrected chi connectivity index (χ3v) is 7.67. The Kier molecular flexibility index (Phi) is 5.12. The first-order valence-electron chi connectivity index (χ1n) is 10.6. The fourth-order valence-corrected chi connectivity index (χ4v) is 5.98. The van der Waals surface area contributed by atoms with E-state index in [1.807, 2.05) is 31.4 Å². The number of ether oxygens (including phenoxy) is 1. The largest absolute Gasteiger partial charge is 0.467 e. The maximum absolute atomic E-state index is 13.3. The minimum Gasteiger partial charge on any atom is -0.467 e. The molecule has 8 heteroatoms. The molecule has 168 valence electrons. The first-order chi connectivity index (χ1) is 15.8. The number of carbonyl (C=O) groups is 4. The molecule has 2 aromatic carbocycles. The molecule has 1 saturated heterocycles. The molecule has 3 heterocycles. The van der Waals surface area contributed by atoms with E-state index in [1.54, 1.807) is 24.3 Å². The van der Waals surface area contributed by atoms with Crippen molar-refractivity contribution in [3.8, 4) is 0 Å². The first kappa shape index (κ1) is 21.5. The van der Waals surface area contributed by atoms with Crippen molar-refractivity contribution in [1.29, 1.82) is 0 Å². The fraction of sp³-hybridized carbons (Fsp3) is 0.280. The lowest BCUT2D eigenvalue weighted by Crippen LogP contribution is -2.74. The molecule has 3 aliphatic rings. The van der Waals surface area contributed by atoms with Crippen molar-refractivity contribution in [2.75, 3.05) is 7.11 Å². The maximum Gasteiger partial charge on any atom is 0.333 e. The number of thioether (sulfide) groups is 1. The Balaban J connectivity index is 1.47. The number of aryl methyl sites for hydroxylation is 2. The zero-order valence-corrected chi connectivity index (χ0v) is 19.2. The minimum atomic E-state index is -0.951. The van der Waals surface area contributed by atoms with Crippen LogP contribution in [0.15, 0.2) is 53.4 Å². The molecule has 0 saturated carbocycles. The van der Waals surface area contributed by atoms with Crippen LogP contribution in [0.1, 0.15) is 37.4 Å². The van der Waals surface area contributed by atoms with E-state index in [9.17, 15) is 19.2 Å². The van der Waals surface area contributed by atoms with Crippen molar-refractivity contribution in [2.24, 2.45) is 0 Å². The topological polar surface area (TPSA) is 84.0 Å². The van der Waals surface area contributed by atoms with Gasteiger partial charge in [0.15, 0.2) is 6.04 Å². The van der Waals surface area contributed by atoms with E-state index in [1.165, 1.54) is 23.8 Å². The Morgan fingerprint density at radius 3 is 2.33 bits per heavy atom. The highest BCUT2D eigenvalue weighted by Crippen LogP contribution is 2.45. The van der Waals surface area contributed by atoms with Crippen molar-refractivity contribution in [2.45, 2.75) is 37.7 Å². The number of carbonyl (C=O) groups excluding carboxylic acids is 4. The van der Waals surface area contributed by atoms with Crippen LogP contribution in [0.5, 0.6) is 0 Å². The number of rotatable bonds is 4. The monoisotopic (exact) mass is 462 g/mol. The summed E-state index contributed by atoms with van der Waals surface area (Å²) in [6.07, 6.45) is 0.495. The van der Waals surface area contributed by atoms with Crippen LogP contribution in [-0.4, -0.2) is 58.1 Å². The van der Waals surface area contributed by atoms with Crippen LogP contribution in [0.2, 0.25) is 0 Å². The predicted molar refractivity (Wildman–Crippen MR) is 122 cm³/mol. The third-order valence-electron chi connectivity index (χ3n) is 6.47. The molecule has 0 aliphatic carbocycles. The lowest BCUT2D eigenvalue weighted by atomic mass is 9.91. The smallest absolute Gasteiger partial charge is 0.333 e. The molecule has 0 spiro atoms. The van der Waals surface area contributed by atoms with Crippen LogP contribution in [0.25, 0.3) is 0 Å². The van der Waals surface area contributed by atoms with Crippen LogP contribution in [0, 0.1) is 13.8 Å². The average molecular weight is 463 g/mol. The fourth-order valence-electron chi connectivity index (χ4n) is 4.71. The zero-order valence-electron chi connectivity index (χ0n) is 18.4. The summed E-state index contributed by atoms with van der Waals surface area (Å²) in [6, 6.07) is 10.8. The van der Waals surface area contributed by atoms with E-state index in [4.69, 9.17) is 4.74 Å². The van der Waals surface area contributed by atoms with E-state index < -0.39 is 41.1 Å². The van der Waals surface area contributed by atoms with Gasteiger partial charge in [0.25, 0.3) is 17.7 Å². The van der Waals surface area contributed by atoms with Gasteiger partial charge < -0.3 is 9.64 Å². The number of methoxy groups -OCH3 is 1. The highest BCUT2D eigenvalue weighted by Gasteiger charge is 2.61. The van der Waals surface area contributed by atoms with Gasteiger partial charge in [-0.05, 0) is 54.5 Å². The SMILES string of the molecule is COC(=O)C1C(Cc2cc(C)ccc2C)=CSC2C(N3C(=O)c4ccccc4C3=O)C(=O)N12. The zero-order chi connectivity index (χ0) is 23.4. The van der Waals surface area contributed by atoms with Gasteiger partial charge in [-0.25, -0.2) is 4.79 Å². The van der Waals surface area contributed by atoms with Gasteiger partial charge in [0.05, 0.1) is 18.2 Å². The third kappa shape index (κ3) is 3.20. The van der Waals surface area contributed by atoms with Crippen molar-refractivity contribution in [1.82, 2.24) is 9.80 Å². The molecular weight excluding hydrogens is 440 g/mol. The van der Waals surface area contributed by atoms with Gasteiger partial charge in [0.1, 0.15) is 11.4 Å². The van der Waals surface area contributed by atoms with Crippen molar-refractivity contribution in [3.05, 3.63) is 81.3 Å². The normalized spacial score (nSPS) is 23.7. The molecule has 0 N–H and O–H groups in total. The van der Waals surface area contributed by atoms with Gasteiger partial charge in [-0.2, -0.15) is 0 Å². The summed E-state index contributed by atoms with van der Waals surface area (Å²) in [5.41, 5.74) is 4.62. The second kappa shape index (κ2) is 7.88. The summed E-state index contributed by atoms with van der Waals surface area (Å²) in [6.45, 7) is 4.01. The average Bonchev–Trinajstić information content (AvgIpc) is 3.06. The van der Waals surface area contributed by atoms with Crippen molar-refractivity contribution in [3.63, 3.8) is 0 Å². The molecule has 33 heavy (non-hydrogen) atoms. The molecule has 3 amide bonds. The van der Waals surface area contributed by atoms with Crippen LogP contribution in [0.4, 0.5) is 0 Å². The molecule has 0 radical (unpaired) electrons. The molecule has 3 atom stereocenters. The van der Waals surface area contributed by atoms with Crippen LogP contribution in [-0.2, 0) is 20.7 Å². The summed E-state index contributed by atoms with van der Waals surface area (Å²) in [7, 11) is 1.29. The molecule has 0 aromatic heterocycles. The second-order valence-corrected chi connectivity index (χ2v) is 9.46. The standard InChI is InChI=1S/C25H22N2O5S/c1-13-8-9-14(2)15(10-13)11-16-12-33-24-20(23(30)27(24)19(16)25(31)32-3)26-21(28)17-6-4-5-7-18(17)22(26)29/h4-10,12,19-20,24H,11H2,1-3H3. The number of nitrogens with zero attached hydrogens (tertiary/aromatic N) is 2. The Labute approximate surface area is 195 Å². The van der Waals surface area contributed by atoms with Gasteiger partial charge >= 0.3 is 5.97 Å². The van der Waals surface area contributed by atoms with Crippen molar-refractivity contribution < 1.29 is 23.9 Å². The number of esters is 1. The van der Waals surface area contributed by atoms with Gasteiger partial charge in [-0.1, -0.05) is 35.9 Å². The number of hydrogen-bond donors (Lipinski definition) is 0. The van der Waals surface area contributed by atoms with E-state index in [0.29, 0.717) is 17.5 Å². The second-order valence-electron chi connectivity index (χ2n) is 8.47. The van der Waals surface area contributed by atoms with Crippen LogP contribution >= 0.6 is 11.8 Å². The van der Waals surface area contributed by atoms with Gasteiger partial charge in [0, 0.05) is 0 Å². The van der Waals surface area contributed by atoms with E-state index in [0.717, 1.165) is 27.2 Å². The summed E-state index contributed by atoms with van der Waals surface area (Å²) < 4.78 is 5.04. The van der Waals surface area contributed by atoms with Gasteiger partial charge in [-0.3, -0.25) is 19.3 Å². The van der Waals surface area contributed by atoms with E-state index in [2.05, 4.69) is 6.07 Å². The molecule has 1 fully saturated rings. The number of imide groups is 1. The summed E-state index contributed by atoms with van der Waals surface area (Å²) in [5, 5.41) is 1.34. The number of β-lactam (4-membered cyclic amide) rings is 1. The Hall–Kier alpha value is -3.39. The molecular formula is C25H22N2O5S. The van der Waals surface area contributed by atoms with Crippen molar-refractivity contribution >= 4 is 35.5 Å². The Bertz CT molecular complexity index is 1220. The molecule has 7 nitrogen and oxygen atoms in total. The number of hydrogen-bond acceptors (Lipinski definition) is 6.